The fourth-order valence-electron chi connectivity index (χ4n) is 8.92. The second-order valence-corrected chi connectivity index (χ2v) is 20.1. The number of amides is 4. The minimum atomic E-state index is -3.70. The van der Waals surface area contributed by atoms with Gasteiger partial charge in [0.25, 0.3) is 11.8 Å². The first-order chi connectivity index (χ1) is 31.1. The van der Waals surface area contributed by atoms with Crippen molar-refractivity contribution in [3.8, 4) is 5.75 Å². The van der Waals surface area contributed by atoms with Gasteiger partial charge in [0.05, 0.1) is 16.0 Å². The molecule has 1 unspecified atom stereocenters. The number of anilines is 5. The van der Waals surface area contributed by atoms with E-state index in [0.717, 1.165) is 92.5 Å². The Hall–Kier alpha value is -5.95. The Morgan fingerprint density at radius 3 is 2.34 bits per heavy atom. The maximum Gasteiger partial charge on any atom is 0.262 e. The molecule has 3 saturated heterocycles. The van der Waals surface area contributed by atoms with Gasteiger partial charge in [0.2, 0.25) is 27.8 Å². The molecule has 0 saturated carbocycles. The maximum atomic E-state index is 13.3. The summed E-state index contributed by atoms with van der Waals surface area (Å²) in [5.74, 6) is 0.326. The summed E-state index contributed by atoms with van der Waals surface area (Å²) in [6.45, 7) is 13.7. The lowest BCUT2D eigenvalue weighted by Gasteiger charge is -2.38. The van der Waals surface area contributed by atoms with E-state index in [1.54, 1.807) is 63.4 Å². The predicted octanol–water partition coefficient (Wildman–Crippen LogP) is 5.42. The van der Waals surface area contributed by atoms with Gasteiger partial charge >= 0.3 is 0 Å². The van der Waals surface area contributed by atoms with Crippen molar-refractivity contribution in [1.29, 1.82) is 0 Å². The molecule has 18 heteroatoms. The number of carbonyl (C=O) groups excluding carboxylic acids is 4. The fourth-order valence-corrected chi connectivity index (χ4v) is 10.4. The molecule has 3 fully saturated rings. The van der Waals surface area contributed by atoms with Gasteiger partial charge in [0.1, 0.15) is 24.2 Å². The third-order valence-electron chi connectivity index (χ3n) is 12.1. The first-order valence-electron chi connectivity index (χ1n) is 22.4. The summed E-state index contributed by atoms with van der Waals surface area (Å²) >= 11 is 0. The number of imide groups is 2. The van der Waals surface area contributed by atoms with Gasteiger partial charge in [-0.3, -0.25) is 34.3 Å². The van der Waals surface area contributed by atoms with E-state index in [0.29, 0.717) is 30.0 Å². The minimum absolute atomic E-state index is 0.0874. The summed E-state index contributed by atoms with van der Waals surface area (Å²) in [6, 6.07) is 18.7. The second-order valence-electron chi connectivity index (χ2n) is 18.5. The molecule has 344 valence electrons. The summed E-state index contributed by atoms with van der Waals surface area (Å²) in [5, 5.41) is 12.3. The molecule has 0 bridgehead atoms. The van der Waals surface area contributed by atoms with Gasteiger partial charge in [0, 0.05) is 66.5 Å². The predicted molar refractivity (Wildman–Crippen MR) is 247 cm³/mol. The summed E-state index contributed by atoms with van der Waals surface area (Å²) in [6.07, 6.45) is 6.25. The smallest absolute Gasteiger partial charge is 0.262 e. The van der Waals surface area contributed by atoms with E-state index in [1.807, 2.05) is 37.3 Å². The van der Waals surface area contributed by atoms with Crippen LogP contribution in [0.3, 0.4) is 0 Å². The van der Waals surface area contributed by atoms with Crippen LogP contribution in [0.25, 0.3) is 0 Å². The van der Waals surface area contributed by atoms with Crippen LogP contribution in [0.1, 0.15) is 85.6 Å². The number of sulfonamides is 1. The molecule has 4 aliphatic rings. The third kappa shape index (κ3) is 11.3. The van der Waals surface area contributed by atoms with E-state index < -0.39 is 45.2 Å². The normalized spacial score (nSPS) is 20.1. The molecule has 2 atom stereocenters. The lowest BCUT2D eigenvalue weighted by Crippen LogP contribution is -2.54. The molecule has 5 N–H and O–H groups in total. The second kappa shape index (κ2) is 19.3. The number of rotatable bonds is 15. The van der Waals surface area contributed by atoms with Crippen LogP contribution in [0.2, 0.25) is 0 Å². The van der Waals surface area contributed by atoms with Gasteiger partial charge in [-0.15, -0.1) is 0 Å². The van der Waals surface area contributed by atoms with Crippen molar-refractivity contribution < 1.29 is 32.3 Å². The Morgan fingerprint density at radius 2 is 1.58 bits per heavy atom. The summed E-state index contributed by atoms with van der Waals surface area (Å²) in [4.78, 5) is 65.8. The molecule has 3 aromatic carbocycles. The van der Waals surface area contributed by atoms with Crippen molar-refractivity contribution in [2.24, 2.45) is 5.92 Å². The SMILES string of the molecule is Cc1cnc(Nc2ccc(OCCN3CCC(CN4CCC[C@H](Nc5ccc6c(c5)C(=O)N(C5CCC(=O)NC5=O)C6=O)C4)CC3)cc2)nc1Nc1cccc(S(=O)(=O)NC(C)(C)C)c1. The molecule has 0 spiro atoms. The fraction of sp³-hybridized carbons (Fsp3) is 0.447. The molecule has 65 heavy (non-hydrogen) atoms. The van der Waals surface area contributed by atoms with Gasteiger partial charge < -0.3 is 25.6 Å². The van der Waals surface area contributed by atoms with Crippen molar-refractivity contribution in [2.75, 3.05) is 61.8 Å². The van der Waals surface area contributed by atoms with E-state index >= 15 is 0 Å². The average Bonchev–Trinajstić information content (AvgIpc) is 3.50. The Labute approximate surface area is 380 Å². The van der Waals surface area contributed by atoms with Gasteiger partial charge in [-0.1, -0.05) is 6.07 Å². The van der Waals surface area contributed by atoms with E-state index in [2.05, 4.69) is 45.8 Å². The molecule has 4 aromatic rings. The molecule has 17 nitrogen and oxygen atoms in total. The molecule has 5 heterocycles. The maximum absolute atomic E-state index is 13.3. The van der Waals surface area contributed by atoms with Crippen LogP contribution in [0.4, 0.5) is 28.8 Å². The number of aryl methyl sites for hydroxylation is 1. The topological polar surface area (TPSA) is 207 Å². The Morgan fingerprint density at radius 1 is 0.831 bits per heavy atom. The monoisotopic (exact) mass is 906 g/mol. The Kier molecular flexibility index (Phi) is 13.5. The number of fused-ring (bicyclic) bond motifs is 1. The van der Waals surface area contributed by atoms with E-state index in [-0.39, 0.29) is 34.9 Å². The first kappa shape index (κ1) is 45.6. The molecular formula is C47H58N10O7S. The molecule has 1 aromatic heterocycles. The number of hydrogen-bond donors (Lipinski definition) is 5. The molecule has 4 aliphatic heterocycles. The van der Waals surface area contributed by atoms with Crippen LogP contribution in [0, 0.1) is 12.8 Å². The Bertz CT molecular complexity index is 2540. The molecule has 0 aliphatic carbocycles. The number of hydrogen-bond acceptors (Lipinski definition) is 14. The van der Waals surface area contributed by atoms with Crippen molar-refractivity contribution in [2.45, 2.75) is 88.7 Å². The standard InChI is InChI=1S/C47H58N10O7S/c1-30-27-48-46(53-42(30)50-33-7-5-9-37(25-33)65(62,63)54-47(2,3)4)51-32-10-13-36(14-11-32)64-24-23-55-21-18-31(19-22-55)28-56-20-6-8-35(29-56)49-34-12-15-38-39(26-34)45(61)57(44(38)60)40-16-17-41(58)52-43(40)59/h5,7,9-15,25-27,31,35,40,49,54H,6,8,16-24,28-29H2,1-4H3,(H,52,58,59)(H2,48,50,51,53)/t35-,40?/m0/s1. The van der Waals surface area contributed by atoms with Crippen LogP contribution < -0.4 is 30.7 Å². The van der Waals surface area contributed by atoms with Crippen molar-refractivity contribution in [3.63, 3.8) is 0 Å². The number of carbonyl (C=O) groups is 4. The number of aromatic nitrogens is 2. The summed E-state index contributed by atoms with van der Waals surface area (Å²) < 4.78 is 34.6. The zero-order valence-corrected chi connectivity index (χ0v) is 38.2. The van der Waals surface area contributed by atoms with Crippen LogP contribution in [0.15, 0.2) is 77.8 Å². The number of nitrogens with one attached hydrogen (secondary N) is 5. The van der Waals surface area contributed by atoms with Crippen molar-refractivity contribution in [3.05, 3.63) is 89.6 Å². The number of benzene rings is 3. The van der Waals surface area contributed by atoms with Gasteiger partial charge in [-0.05, 0) is 146 Å². The number of piperidine rings is 3. The number of ether oxygens (including phenoxy) is 1. The first-order valence-corrected chi connectivity index (χ1v) is 23.9. The number of likely N-dealkylation sites (tertiary alicyclic amines) is 2. The highest BCUT2D eigenvalue weighted by Gasteiger charge is 2.44. The van der Waals surface area contributed by atoms with Crippen molar-refractivity contribution in [1.82, 2.24) is 34.7 Å². The lowest BCUT2D eigenvalue weighted by atomic mass is 9.94. The molecule has 8 rings (SSSR count). The highest BCUT2D eigenvalue weighted by molar-refractivity contribution is 7.89. The van der Waals surface area contributed by atoms with Crippen LogP contribution >= 0.6 is 0 Å². The molecule has 4 amide bonds. The van der Waals surface area contributed by atoms with Gasteiger partial charge in [0.15, 0.2) is 0 Å². The van der Waals surface area contributed by atoms with Gasteiger partial charge in [-0.25, -0.2) is 18.1 Å². The Balaban J connectivity index is 0.751. The average molecular weight is 907 g/mol. The van der Waals surface area contributed by atoms with Crippen molar-refractivity contribution >= 4 is 62.5 Å². The quantitative estimate of drug-likeness (QED) is 0.0946. The van der Waals surface area contributed by atoms with Gasteiger partial charge in [-0.2, -0.15) is 4.98 Å². The highest BCUT2D eigenvalue weighted by atomic mass is 32.2. The van der Waals surface area contributed by atoms with E-state index in [1.165, 1.54) is 0 Å². The highest BCUT2D eigenvalue weighted by Crippen LogP contribution is 2.31. The third-order valence-corrected chi connectivity index (χ3v) is 13.9. The van der Waals surface area contributed by atoms with Crippen LogP contribution in [-0.2, 0) is 19.6 Å². The lowest BCUT2D eigenvalue weighted by molar-refractivity contribution is -0.136. The summed E-state index contributed by atoms with van der Waals surface area (Å²) in [7, 11) is -3.70. The minimum Gasteiger partial charge on any atom is -0.492 e. The van der Waals surface area contributed by atoms with E-state index in [4.69, 9.17) is 4.74 Å². The van der Waals surface area contributed by atoms with Crippen LogP contribution in [-0.4, -0.2) is 120 Å². The summed E-state index contributed by atoms with van der Waals surface area (Å²) in [5.41, 5.74) is 2.91. The van der Waals surface area contributed by atoms with Crippen LogP contribution in [0.5, 0.6) is 5.75 Å². The van der Waals surface area contributed by atoms with E-state index in [9.17, 15) is 27.6 Å². The number of nitrogens with zero attached hydrogens (tertiary/aromatic N) is 5. The molecule has 0 radical (unpaired) electrons. The molecular weight excluding hydrogens is 849 g/mol. The zero-order chi connectivity index (χ0) is 45.9. The largest absolute Gasteiger partial charge is 0.492 e. The zero-order valence-electron chi connectivity index (χ0n) is 37.4.